The Kier molecular flexibility index (Phi) is 11.3. The van der Waals surface area contributed by atoms with Gasteiger partial charge in [0, 0.05) is 69.7 Å². The summed E-state index contributed by atoms with van der Waals surface area (Å²) in [7, 11) is 0. The van der Waals surface area contributed by atoms with Crippen LogP contribution in [0.4, 0.5) is 21.0 Å². The number of urea groups is 1. The number of aromatic hydroxyl groups is 1. The minimum atomic E-state index is -1.06. The molecule has 3 aliphatic heterocycles. The molecule has 4 aromatic rings. The molecule has 2 fully saturated rings. The zero-order chi connectivity index (χ0) is 40.3. The van der Waals surface area contributed by atoms with E-state index in [9.17, 15) is 24.3 Å². The summed E-state index contributed by atoms with van der Waals surface area (Å²) in [6, 6.07) is 24.6. The Morgan fingerprint density at radius 3 is 2.22 bits per heavy atom. The van der Waals surface area contributed by atoms with Crippen molar-refractivity contribution in [1.82, 2.24) is 14.7 Å². The number of fused-ring (bicyclic) bond motifs is 2. The van der Waals surface area contributed by atoms with Gasteiger partial charge in [0.15, 0.2) is 6.10 Å². The van der Waals surface area contributed by atoms with E-state index < -0.39 is 18.2 Å². The lowest BCUT2D eigenvalue weighted by Gasteiger charge is -2.39. The van der Waals surface area contributed by atoms with Gasteiger partial charge in [0.25, 0.3) is 5.91 Å². The number of benzene rings is 4. The molecule has 0 bridgehead atoms. The van der Waals surface area contributed by atoms with E-state index in [-0.39, 0.29) is 30.2 Å². The third-order valence-electron chi connectivity index (χ3n) is 12.1. The van der Waals surface area contributed by atoms with Crippen LogP contribution in [0, 0.1) is 13.8 Å². The molecule has 2 N–H and O–H groups in total. The van der Waals surface area contributed by atoms with Gasteiger partial charge >= 0.3 is 18.1 Å². The number of rotatable bonds is 8. The number of phenolic OH excluding ortho intramolecular Hbond substituents is 1. The Morgan fingerprint density at radius 2 is 1.48 bits per heavy atom. The third kappa shape index (κ3) is 8.46. The molecule has 302 valence electrons. The van der Waals surface area contributed by atoms with Crippen molar-refractivity contribution in [1.29, 1.82) is 0 Å². The van der Waals surface area contributed by atoms with Gasteiger partial charge in [0.05, 0.1) is 5.56 Å². The van der Waals surface area contributed by atoms with E-state index in [1.807, 2.05) is 85.5 Å². The maximum atomic E-state index is 14.2. The molecule has 12 heteroatoms. The summed E-state index contributed by atoms with van der Waals surface area (Å²) in [4.78, 5) is 61.5. The predicted molar refractivity (Wildman–Crippen MR) is 221 cm³/mol. The highest BCUT2D eigenvalue weighted by Gasteiger charge is 2.35. The van der Waals surface area contributed by atoms with Crippen molar-refractivity contribution in [3.63, 3.8) is 0 Å². The minimum absolute atomic E-state index is 0.0187. The Labute approximate surface area is 339 Å². The molecule has 0 spiro atoms. The van der Waals surface area contributed by atoms with Crippen LogP contribution >= 0.6 is 0 Å². The Balaban J connectivity index is 0.880. The lowest BCUT2D eigenvalue weighted by molar-refractivity contribution is -0.141. The van der Waals surface area contributed by atoms with Crippen LogP contribution in [0.3, 0.4) is 0 Å². The van der Waals surface area contributed by atoms with E-state index in [1.165, 1.54) is 11.1 Å². The quantitative estimate of drug-likeness (QED) is 0.150. The molecule has 0 radical (unpaired) electrons. The number of phenols is 1. The van der Waals surface area contributed by atoms with E-state index in [0.29, 0.717) is 81.1 Å². The van der Waals surface area contributed by atoms with Gasteiger partial charge in [0.2, 0.25) is 0 Å². The average molecular weight is 786 g/mol. The number of hydrogen-bond donors (Lipinski definition) is 2. The van der Waals surface area contributed by atoms with Crippen molar-refractivity contribution in [2.45, 2.75) is 70.9 Å². The van der Waals surface area contributed by atoms with Crippen LogP contribution in [0.5, 0.6) is 11.5 Å². The van der Waals surface area contributed by atoms with Crippen molar-refractivity contribution in [3.05, 3.63) is 118 Å². The molecule has 4 aromatic carbocycles. The maximum Gasteiger partial charge on any atom is 0.410 e. The number of nitrogens with one attached hydrogen (secondary N) is 1. The fraction of sp³-hybridized carbons (Fsp3) is 0.391. The van der Waals surface area contributed by atoms with Crippen LogP contribution in [0.25, 0.3) is 0 Å². The van der Waals surface area contributed by atoms with Crippen LogP contribution in [-0.2, 0) is 35.2 Å². The highest BCUT2D eigenvalue weighted by molar-refractivity contribution is 5.92. The lowest BCUT2D eigenvalue weighted by atomic mass is 10.0. The number of anilines is 2. The zero-order valence-corrected chi connectivity index (χ0v) is 33.2. The van der Waals surface area contributed by atoms with Crippen molar-refractivity contribution < 1.29 is 33.8 Å². The van der Waals surface area contributed by atoms with Crippen molar-refractivity contribution >= 4 is 35.4 Å². The SMILES string of the molecule is Cc1cc(C[C@@H](OC(=O)N2CCC(N3CCc4ccccc4NC3=O)CC2)C(=O)N2CCN(c3ccc(C(=O)Oc4ccc5c(c4)CCC5)cc3)CC2)cc(C)c1O. The molecule has 3 heterocycles. The van der Waals surface area contributed by atoms with Gasteiger partial charge in [-0.05, 0) is 128 Å². The number of para-hydroxylation sites is 1. The predicted octanol–water partition coefficient (Wildman–Crippen LogP) is 6.67. The monoisotopic (exact) mass is 785 g/mol. The molecular formula is C46H51N5O7. The van der Waals surface area contributed by atoms with E-state index >= 15 is 0 Å². The van der Waals surface area contributed by atoms with E-state index in [2.05, 4.69) is 10.2 Å². The Morgan fingerprint density at radius 1 is 0.776 bits per heavy atom. The lowest BCUT2D eigenvalue weighted by Crippen LogP contribution is -2.54. The number of carbonyl (C=O) groups is 4. The number of esters is 1. The van der Waals surface area contributed by atoms with Crippen LogP contribution in [0.1, 0.15) is 63.0 Å². The van der Waals surface area contributed by atoms with Crippen LogP contribution in [-0.4, -0.2) is 102 Å². The van der Waals surface area contributed by atoms with Crippen LogP contribution in [0.2, 0.25) is 0 Å². The van der Waals surface area contributed by atoms with Crippen LogP contribution < -0.4 is 15.0 Å². The number of piperazine rings is 1. The van der Waals surface area contributed by atoms with Gasteiger partial charge in [0.1, 0.15) is 11.5 Å². The van der Waals surface area contributed by atoms with Crippen molar-refractivity contribution in [3.8, 4) is 11.5 Å². The van der Waals surface area contributed by atoms with E-state index in [1.54, 1.807) is 21.9 Å². The standard InChI is InChI=1S/C46H51N5O7/c1-30-26-32(27-31(2)42(30)52)28-41(58-46(56)50-19-17-38(18-20-50)51-21-16-34-6-3-4-9-40(34)47-45(51)55)43(53)49-24-22-48(23-25-49)37-13-10-35(11-14-37)44(54)57-39-15-12-33-7-5-8-36(33)29-39/h3-4,6,9-15,26-27,29,38,41,52H,5,7-8,16-25,28H2,1-2H3,(H,47,55)/t41-/m1/s1. The summed E-state index contributed by atoms with van der Waals surface area (Å²) in [6.45, 7) is 7.00. The molecule has 1 atom stereocenters. The molecule has 2 saturated heterocycles. The largest absolute Gasteiger partial charge is 0.507 e. The zero-order valence-electron chi connectivity index (χ0n) is 33.2. The summed E-state index contributed by atoms with van der Waals surface area (Å²) in [5.74, 6) is 0.0932. The van der Waals surface area contributed by atoms with Crippen molar-refractivity contribution in [2.75, 3.05) is 56.0 Å². The molecule has 0 aromatic heterocycles. The van der Waals surface area contributed by atoms with E-state index in [0.717, 1.165) is 48.2 Å². The number of likely N-dealkylation sites (tertiary alicyclic amines) is 1. The summed E-state index contributed by atoms with van der Waals surface area (Å²) in [5.41, 5.74) is 8.08. The second-order valence-corrected chi connectivity index (χ2v) is 15.9. The summed E-state index contributed by atoms with van der Waals surface area (Å²) in [6.07, 6.45) is 3.72. The fourth-order valence-corrected chi connectivity index (χ4v) is 8.83. The molecule has 4 amide bonds. The van der Waals surface area contributed by atoms with Gasteiger partial charge in [-0.15, -0.1) is 0 Å². The number of piperidine rings is 1. The fourth-order valence-electron chi connectivity index (χ4n) is 8.83. The molecule has 0 saturated carbocycles. The third-order valence-corrected chi connectivity index (χ3v) is 12.1. The maximum absolute atomic E-state index is 14.2. The molecular weight excluding hydrogens is 735 g/mol. The molecule has 1 aliphatic carbocycles. The molecule has 12 nitrogen and oxygen atoms in total. The summed E-state index contributed by atoms with van der Waals surface area (Å²) >= 11 is 0. The number of hydrogen-bond acceptors (Lipinski definition) is 8. The van der Waals surface area contributed by atoms with Gasteiger partial charge in [-0.25, -0.2) is 14.4 Å². The second-order valence-electron chi connectivity index (χ2n) is 15.9. The van der Waals surface area contributed by atoms with Gasteiger partial charge in [-0.2, -0.15) is 0 Å². The number of carbonyl (C=O) groups excluding carboxylic acids is 4. The Bertz CT molecular complexity index is 2170. The first-order chi connectivity index (χ1) is 28.1. The van der Waals surface area contributed by atoms with Crippen molar-refractivity contribution in [2.24, 2.45) is 0 Å². The first kappa shape index (κ1) is 38.8. The normalized spacial score (nSPS) is 17.5. The number of nitrogens with zero attached hydrogens (tertiary/aromatic N) is 4. The molecule has 4 aliphatic rings. The summed E-state index contributed by atoms with van der Waals surface area (Å²) < 4.78 is 11.8. The molecule has 58 heavy (non-hydrogen) atoms. The summed E-state index contributed by atoms with van der Waals surface area (Å²) in [5, 5.41) is 13.5. The highest BCUT2D eigenvalue weighted by Crippen LogP contribution is 2.29. The highest BCUT2D eigenvalue weighted by atomic mass is 16.6. The first-order valence-corrected chi connectivity index (χ1v) is 20.5. The topological polar surface area (TPSA) is 132 Å². The van der Waals surface area contributed by atoms with Gasteiger partial charge in [-0.1, -0.05) is 36.4 Å². The Hall–Kier alpha value is -6.04. The van der Waals surface area contributed by atoms with E-state index in [4.69, 9.17) is 9.47 Å². The van der Waals surface area contributed by atoms with Gasteiger partial charge in [-0.3, -0.25) is 4.79 Å². The average Bonchev–Trinajstić information content (AvgIpc) is 3.64. The molecule has 0 unspecified atom stereocenters. The number of amides is 4. The van der Waals surface area contributed by atoms with Gasteiger partial charge < -0.3 is 39.5 Å². The second kappa shape index (κ2) is 16.8. The smallest absolute Gasteiger partial charge is 0.410 e. The van der Waals surface area contributed by atoms with Crippen LogP contribution in [0.15, 0.2) is 78.9 Å². The minimum Gasteiger partial charge on any atom is -0.507 e. The first-order valence-electron chi connectivity index (χ1n) is 20.5. The number of ether oxygens (including phenoxy) is 2. The molecule has 8 rings (SSSR count). The number of aryl methyl sites for hydroxylation is 4.